The van der Waals surface area contributed by atoms with E-state index >= 15 is 0 Å². The van der Waals surface area contributed by atoms with Gasteiger partial charge in [0.1, 0.15) is 5.75 Å². The van der Waals surface area contributed by atoms with E-state index in [4.69, 9.17) is 14.5 Å². The van der Waals surface area contributed by atoms with Crippen LogP contribution in [0.4, 0.5) is 16.5 Å². The van der Waals surface area contributed by atoms with Crippen LogP contribution in [0.2, 0.25) is 0 Å². The van der Waals surface area contributed by atoms with Crippen molar-refractivity contribution in [1.82, 2.24) is 9.97 Å². The Labute approximate surface area is 192 Å². The third-order valence-electron chi connectivity index (χ3n) is 5.17. The van der Waals surface area contributed by atoms with Gasteiger partial charge < -0.3 is 19.7 Å². The first-order valence-electron chi connectivity index (χ1n) is 10.9. The number of pyridine rings is 1. The molecule has 0 bridgehead atoms. The highest BCUT2D eigenvalue weighted by atomic mass is 32.1. The molecular formula is C25H28N4O2S. The normalized spacial score (nSPS) is 13.4. The maximum Gasteiger partial charge on any atom is 0.188 e. The number of methoxy groups -OCH3 is 1. The maximum absolute atomic E-state index is 5.43. The minimum Gasteiger partial charge on any atom is -0.495 e. The van der Waals surface area contributed by atoms with Crippen molar-refractivity contribution in [3.63, 3.8) is 0 Å². The number of fused-ring (bicyclic) bond motifs is 1. The Hall–Kier alpha value is -3.16. The number of aromatic nitrogens is 2. The summed E-state index contributed by atoms with van der Waals surface area (Å²) in [6.45, 7) is 7.46. The van der Waals surface area contributed by atoms with Crippen molar-refractivity contribution in [2.45, 2.75) is 13.8 Å². The lowest BCUT2D eigenvalue weighted by Crippen LogP contribution is -2.36. The molecule has 6 nitrogen and oxygen atoms in total. The number of hydrogen-bond donors (Lipinski definition) is 1. The van der Waals surface area contributed by atoms with Gasteiger partial charge in [0.15, 0.2) is 5.13 Å². The van der Waals surface area contributed by atoms with Gasteiger partial charge in [-0.05, 0) is 48.0 Å². The summed E-state index contributed by atoms with van der Waals surface area (Å²) >= 11 is 1.64. The molecule has 0 radical (unpaired) electrons. The van der Waals surface area contributed by atoms with Crippen molar-refractivity contribution >= 4 is 38.1 Å². The average molecular weight is 449 g/mol. The molecule has 4 aromatic rings. The Bertz CT molecular complexity index is 1150. The van der Waals surface area contributed by atoms with Crippen molar-refractivity contribution in [1.29, 1.82) is 0 Å². The molecule has 1 N–H and O–H groups in total. The second kappa shape index (κ2) is 10.4. The molecule has 32 heavy (non-hydrogen) atoms. The van der Waals surface area contributed by atoms with E-state index in [1.165, 1.54) is 5.69 Å². The van der Waals surface area contributed by atoms with Gasteiger partial charge in [-0.3, -0.25) is 4.98 Å². The maximum atomic E-state index is 5.43. The summed E-state index contributed by atoms with van der Waals surface area (Å²) < 4.78 is 11.8. The minimum atomic E-state index is 0.750. The molecule has 2 aromatic carbocycles. The van der Waals surface area contributed by atoms with Gasteiger partial charge in [-0.2, -0.15) is 0 Å². The van der Waals surface area contributed by atoms with Crippen LogP contribution in [0.5, 0.6) is 5.75 Å². The highest BCUT2D eigenvalue weighted by Gasteiger charge is 2.11. The van der Waals surface area contributed by atoms with Crippen molar-refractivity contribution < 1.29 is 9.47 Å². The van der Waals surface area contributed by atoms with E-state index in [9.17, 15) is 0 Å². The number of nitrogens with one attached hydrogen (secondary N) is 1. The van der Waals surface area contributed by atoms with Crippen molar-refractivity contribution in [2.75, 3.05) is 43.6 Å². The quantitative estimate of drug-likeness (QED) is 0.406. The van der Waals surface area contributed by atoms with Crippen LogP contribution in [0.15, 0.2) is 60.9 Å². The third-order valence-corrected chi connectivity index (χ3v) is 6.10. The summed E-state index contributed by atoms with van der Waals surface area (Å²) in [6.07, 6.45) is 3.56. The van der Waals surface area contributed by atoms with Gasteiger partial charge in [0.05, 0.1) is 36.7 Å². The predicted molar refractivity (Wildman–Crippen MR) is 134 cm³/mol. The van der Waals surface area contributed by atoms with Crippen molar-refractivity contribution in [3.05, 3.63) is 60.9 Å². The van der Waals surface area contributed by atoms with Crippen LogP contribution in [-0.4, -0.2) is 43.4 Å². The average Bonchev–Trinajstić information content (AvgIpc) is 3.28. The molecule has 7 heteroatoms. The Morgan fingerprint density at radius 1 is 0.969 bits per heavy atom. The summed E-state index contributed by atoms with van der Waals surface area (Å²) in [5.74, 6) is 0.750. The van der Waals surface area contributed by atoms with Crippen LogP contribution in [0.3, 0.4) is 0 Å². The fourth-order valence-electron chi connectivity index (χ4n) is 3.55. The molecule has 0 saturated carbocycles. The molecule has 0 unspecified atom stereocenters. The highest BCUT2D eigenvalue weighted by molar-refractivity contribution is 7.22. The second-order valence-corrected chi connectivity index (χ2v) is 8.12. The lowest BCUT2D eigenvalue weighted by molar-refractivity contribution is 0.122. The van der Waals surface area contributed by atoms with E-state index in [2.05, 4.69) is 51.6 Å². The standard InChI is InChI=1S/C23H22N4O2S.C2H6/c1-28-20-12-17(14-24-15-20)16-2-7-21-22(13-16)30-23(26-21)25-18-3-5-19(6-4-18)27-8-10-29-11-9-27;1-2/h2-7,12-15H,8-11H2,1H3,(H,25,26);1-2H3. The first kappa shape index (κ1) is 22.0. The molecular weight excluding hydrogens is 420 g/mol. The smallest absolute Gasteiger partial charge is 0.188 e. The van der Waals surface area contributed by atoms with E-state index in [-0.39, 0.29) is 0 Å². The van der Waals surface area contributed by atoms with E-state index in [0.29, 0.717) is 0 Å². The van der Waals surface area contributed by atoms with Crippen molar-refractivity contribution in [2.24, 2.45) is 0 Å². The molecule has 1 fully saturated rings. The van der Waals surface area contributed by atoms with Gasteiger partial charge in [-0.25, -0.2) is 4.98 Å². The number of rotatable bonds is 5. The molecule has 166 valence electrons. The molecule has 5 rings (SSSR count). The van der Waals surface area contributed by atoms with Crippen LogP contribution < -0.4 is 15.0 Å². The molecule has 3 heterocycles. The zero-order valence-corrected chi connectivity index (χ0v) is 19.5. The number of ether oxygens (including phenoxy) is 2. The summed E-state index contributed by atoms with van der Waals surface area (Å²) in [6, 6.07) is 16.8. The predicted octanol–water partition coefficient (Wildman–Crippen LogP) is 5.97. The second-order valence-electron chi connectivity index (χ2n) is 7.09. The molecule has 1 aliphatic rings. The molecule has 1 aliphatic heterocycles. The van der Waals surface area contributed by atoms with Gasteiger partial charge >= 0.3 is 0 Å². The Morgan fingerprint density at radius 2 is 1.75 bits per heavy atom. The first-order valence-corrected chi connectivity index (χ1v) is 11.7. The van der Waals surface area contributed by atoms with Crippen LogP contribution >= 0.6 is 11.3 Å². The third kappa shape index (κ3) is 5.00. The number of hydrogen-bond acceptors (Lipinski definition) is 7. The zero-order chi connectivity index (χ0) is 22.3. The van der Waals surface area contributed by atoms with Gasteiger partial charge in [0, 0.05) is 36.2 Å². The Morgan fingerprint density at radius 3 is 2.50 bits per heavy atom. The lowest BCUT2D eigenvalue weighted by atomic mass is 10.1. The topological polar surface area (TPSA) is 59.5 Å². The largest absolute Gasteiger partial charge is 0.495 e. The summed E-state index contributed by atoms with van der Waals surface area (Å²) in [5.41, 5.74) is 5.36. The van der Waals surface area contributed by atoms with Crippen LogP contribution in [0.1, 0.15) is 13.8 Å². The molecule has 0 aliphatic carbocycles. The SMILES string of the molecule is CC.COc1cncc(-c2ccc3nc(Nc4ccc(N5CCOCC5)cc4)sc3c2)c1. The van der Waals surface area contributed by atoms with Crippen molar-refractivity contribution in [3.8, 4) is 16.9 Å². The summed E-state index contributed by atoms with van der Waals surface area (Å²) in [4.78, 5) is 11.3. The molecule has 0 spiro atoms. The number of benzene rings is 2. The van der Waals surface area contributed by atoms with Crippen LogP contribution in [0.25, 0.3) is 21.3 Å². The molecule has 0 amide bonds. The minimum absolute atomic E-state index is 0.750. The summed E-state index contributed by atoms with van der Waals surface area (Å²) in [5, 5.41) is 4.31. The first-order chi connectivity index (χ1) is 15.8. The van der Waals surface area contributed by atoms with E-state index < -0.39 is 0 Å². The fourth-order valence-corrected chi connectivity index (χ4v) is 4.47. The Kier molecular flexibility index (Phi) is 7.19. The number of morpholine rings is 1. The van der Waals surface area contributed by atoms with E-state index in [1.54, 1.807) is 24.6 Å². The van der Waals surface area contributed by atoms with Crippen LogP contribution in [-0.2, 0) is 4.74 Å². The zero-order valence-electron chi connectivity index (χ0n) is 18.7. The number of thiazole rings is 1. The molecule has 2 aromatic heterocycles. The lowest BCUT2D eigenvalue weighted by Gasteiger charge is -2.28. The number of nitrogens with zero attached hydrogens (tertiary/aromatic N) is 3. The fraction of sp³-hybridized carbons (Fsp3) is 0.280. The van der Waals surface area contributed by atoms with Gasteiger partial charge in [-0.1, -0.05) is 31.3 Å². The molecule has 0 atom stereocenters. The van der Waals surface area contributed by atoms with Gasteiger partial charge in [0.25, 0.3) is 0 Å². The monoisotopic (exact) mass is 448 g/mol. The van der Waals surface area contributed by atoms with E-state index in [1.807, 2.05) is 32.2 Å². The summed E-state index contributed by atoms with van der Waals surface area (Å²) in [7, 11) is 1.65. The number of anilines is 3. The van der Waals surface area contributed by atoms with Gasteiger partial charge in [-0.15, -0.1) is 0 Å². The Balaban J connectivity index is 0.00000119. The highest BCUT2D eigenvalue weighted by Crippen LogP contribution is 2.33. The van der Waals surface area contributed by atoms with Crippen LogP contribution in [0, 0.1) is 0 Å². The van der Waals surface area contributed by atoms with Gasteiger partial charge in [0.2, 0.25) is 0 Å². The molecule has 1 saturated heterocycles. The van der Waals surface area contributed by atoms with E-state index in [0.717, 1.165) is 64.2 Å².